The molecule has 0 aromatic rings. The second-order valence-corrected chi connectivity index (χ2v) is 6.21. The number of hydrogen-bond acceptors (Lipinski definition) is 3. The molecule has 2 fully saturated rings. The summed E-state index contributed by atoms with van der Waals surface area (Å²) >= 11 is 0. The molecule has 0 aromatic carbocycles. The Morgan fingerprint density at radius 2 is 1.89 bits per heavy atom. The van der Waals surface area contributed by atoms with Crippen LogP contribution in [-0.4, -0.2) is 41.9 Å². The Morgan fingerprint density at radius 3 is 2.37 bits per heavy atom. The zero-order valence-electron chi connectivity index (χ0n) is 11.9. The highest BCUT2D eigenvalue weighted by Crippen LogP contribution is 2.34. The number of rotatable bonds is 7. The van der Waals surface area contributed by atoms with Gasteiger partial charge in [0.05, 0.1) is 12.6 Å². The van der Waals surface area contributed by atoms with Gasteiger partial charge in [0, 0.05) is 12.6 Å². The number of nitrogens with zero attached hydrogens (tertiary/aromatic N) is 1. The summed E-state index contributed by atoms with van der Waals surface area (Å²) in [6.07, 6.45) is 4.69. The molecular formula is C14H25N3O2. The SMILES string of the molecule is CC(C)[C@H](N)C(=O)NCC(=O)N(CC1CC1)C1CC1. The molecule has 5 heteroatoms. The van der Waals surface area contributed by atoms with E-state index in [-0.39, 0.29) is 24.3 Å². The number of nitrogens with one attached hydrogen (secondary N) is 1. The predicted molar refractivity (Wildman–Crippen MR) is 73.3 cm³/mol. The molecule has 19 heavy (non-hydrogen) atoms. The van der Waals surface area contributed by atoms with Gasteiger partial charge in [-0.3, -0.25) is 9.59 Å². The molecule has 1 atom stereocenters. The third-order valence-electron chi connectivity index (χ3n) is 3.89. The fraction of sp³-hybridized carbons (Fsp3) is 0.857. The van der Waals surface area contributed by atoms with Crippen molar-refractivity contribution in [3.63, 3.8) is 0 Å². The topological polar surface area (TPSA) is 75.4 Å². The van der Waals surface area contributed by atoms with E-state index in [4.69, 9.17) is 5.73 Å². The average Bonchev–Trinajstić information content (AvgIpc) is 3.24. The van der Waals surface area contributed by atoms with E-state index in [1.807, 2.05) is 18.7 Å². The summed E-state index contributed by atoms with van der Waals surface area (Å²) in [4.78, 5) is 25.8. The van der Waals surface area contributed by atoms with E-state index in [0.29, 0.717) is 12.0 Å². The molecule has 2 saturated carbocycles. The second kappa shape index (κ2) is 5.90. The molecule has 0 spiro atoms. The van der Waals surface area contributed by atoms with Gasteiger partial charge in [-0.1, -0.05) is 13.8 Å². The quantitative estimate of drug-likeness (QED) is 0.705. The fourth-order valence-corrected chi connectivity index (χ4v) is 2.10. The van der Waals surface area contributed by atoms with Crippen LogP contribution in [0.4, 0.5) is 0 Å². The summed E-state index contributed by atoms with van der Waals surface area (Å²) in [6, 6.07) is -0.116. The molecule has 0 unspecified atom stereocenters. The molecule has 3 N–H and O–H groups in total. The van der Waals surface area contributed by atoms with Gasteiger partial charge in [-0.05, 0) is 37.5 Å². The number of amides is 2. The van der Waals surface area contributed by atoms with Crippen LogP contribution in [0.3, 0.4) is 0 Å². The second-order valence-electron chi connectivity index (χ2n) is 6.21. The molecule has 5 nitrogen and oxygen atoms in total. The minimum atomic E-state index is -0.536. The molecule has 2 aliphatic rings. The van der Waals surface area contributed by atoms with Crippen molar-refractivity contribution in [2.75, 3.05) is 13.1 Å². The van der Waals surface area contributed by atoms with Crippen molar-refractivity contribution in [2.24, 2.45) is 17.6 Å². The smallest absolute Gasteiger partial charge is 0.242 e. The van der Waals surface area contributed by atoms with Crippen LogP contribution < -0.4 is 11.1 Å². The Morgan fingerprint density at radius 1 is 1.26 bits per heavy atom. The highest BCUT2D eigenvalue weighted by molar-refractivity contribution is 5.87. The zero-order chi connectivity index (χ0) is 14.0. The van der Waals surface area contributed by atoms with Crippen LogP contribution in [0.1, 0.15) is 39.5 Å². The lowest BCUT2D eigenvalue weighted by atomic mass is 10.1. The van der Waals surface area contributed by atoms with E-state index in [0.717, 1.165) is 19.4 Å². The van der Waals surface area contributed by atoms with Crippen LogP contribution in [0.2, 0.25) is 0 Å². The monoisotopic (exact) mass is 267 g/mol. The molecule has 0 bridgehead atoms. The summed E-state index contributed by atoms with van der Waals surface area (Å²) in [7, 11) is 0. The van der Waals surface area contributed by atoms with Gasteiger partial charge in [0.15, 0.2) is 0 Å². The van der Waals surface area contributed by atoms with Crippen LogP contribution in [0.25, 0.3) is 0 Å². The lowest BCUT2D eigenvalue weighted by Gasteiger charge is -2.23. The van der Waals surface area contributed by atoms with Gasteiger partial charge in [0.25, 0.3) is 0 Å². The van der Waals surface area contributed by atoms with Gasteiger partial charge in [-0.25, -0.2) is 0 Å². The molecule has 2 rings (SSSR count). The first kappa shape index (κ1) is 14.3. The van der Waals surface area contributed by atoms with E-state index in [1.54, 1.807) is 0 Å². The van der Waals surface area contributed by atoms with Gasteiger partial charge >= 0.3 is 0 Å². The fourth-order valence-electron chi connectivity index (χ4n) is 2.10. The number of carbonyl (C=O) groups is 2. The van der Waals surface area contributed by atoms with E-state index in [1.165, 1.54) is 12.8 Å². The molecule has 108 valence electrons. The van der Waals surface area contributed by atoms with Crippen molar-refractivity contribution < 1.29 is 9.59 Å². The van der Waals surface area contributed by atoms with Crippen molar-refractivity contribution >= 4 is 11.8 Å². The first-order valence-corrected chi connectivity index (χ1v) is 7.31. The van der Waals surface area contributed by atoms with Crippen molar-refractivity contribution in [3.05, 3.63) is 0 Å². The highest BCUT2D eigenvalue weighted by Gasteiger charge is 2.36. The average molecular weight is 267 g/mol. The highest BCUT2D eigenvalue weighted by atomic mass is 16.2. The van der Waals surface area contributed by atoms with Gasteiger partial charge in [0.1, 0.15) is 0 Å². The first-order chi connectivity index (χ1) is 8.99. The summed E-state index contributed by atoms with van der Waals surface area (Å²) in [5.74, 6) is 0.587. The molecule has 2 amide bonds. The van der Waals surface area contributed by atoms with Crippen LogP contribution in [-0.2, 0) is 9.59 Å². The van der Waals surface area contributed by atoms with E-state index >= 15 is 0 Å². The van der Waals surface area contributed by atoms with E-state index in [2.05, 4.69) is 5.32 Å². The minimum absolute atomic E-state index is 0.0405. The Balaban J connectivity index is 1.76. The molecular weight excluding hydrogens is 242 g/mol. The number of nitrogens with two attached hydrogens (primary N) is 1. The maximum Gasteiger partial charge on any atom is 0.242 e. The molecule has 0 aliphatic heterocycles. The lowest BCUT2D eigenvalue weighted by Crippen LogP contribution is -2.48. The van der Waals surface area contributed by atoms with Crippen LogP contribution in [0, 0.1) is 11.8 Å². The van der Waals surface area contributed by atoms with Crippen LogP contribution in [0.15, 0.2) is 0 Å². The van der Waals surface area contributed by atoms with E-state index < -0.39 is 6.04 Å². The largest absolute Gasteiger partial charge is 0.346 e. The number of hydrogen-bond donors (Lipinski definition) is 2. The molecule has 2 aliphatic carbocycles. The Hall–Kier alpha value is -1.10. The molecule has 0 saturated heterocycles. The first-order valence-electron chi connectivity index (χ1n) is 7.31. The van der Waals surface area contributed by atoms with Crippen molar-refractivity contribution in [2.45, 2.75) is 51.6 Å². The third-order valence-corrected chi connectivity index (χ3v) is 3.89. The summed E-state index contributed by atoms with van der Waals surface area (Å²) < 4.78 is 0. The maximum atomic E-state index is 12.2. The molecule has 0 heterocycles. The lowest BCUT2D eigenvalue weighted by molar-refractivity contribution is -0.134. The Kier molecular flexibility index (Phi) is 4.45. The van der Waals surface area contributed by atoms with E-state index in [9.17, 15) is 9.59 Å². The predicted octanol–water partition coefficient (Wildman–Crippen LogP) is 0.487. The summed E-state index contributed by atoms with van der Waals surface area (Å²) in [5.41, 5.74) is 5.75. The van der Waals surface area contributed by atoms with Crippen LogP contribution >= 0.6 is 0 Å². The Labute approximate surface area is 114 Å². The standard InChI is InChI=1S/C14H25N3O2/c1-9(2)13(15)14(19)16-7-12(18)17(11-5-6-11)8-10-3-4-10/h9-11,13H,3-8,15H2,1-2H3,(H,16,19)/t13-/m0/s1. The minimum Gasteiger partial charge on any atom is -0.346 e. The van der Waals surface area contributed by atoms with Crippen molar-refractivity contribution in [3.8, 4) is 0 Å². The van der Waals surface area contributed by atoms with Gasteiger partial charge in [-0.2, -0.15) is 0 Å². The third kappa shape index (κ3) is 4.20. The van der Waals surface area contributed by atoms with Gasteiger partial charge in [-0.15, -0.1) is 0 Å². The molecule has 0 radical (unpaired) electrons. The molecule has 0 aromatic heterocycles. The summed E-state index contributed by atoms with van der Waals surface area (Å²) in [5, 5.41) is 2.67. The van der Waals surface area contributed by atoms with Crippen molar-refractivity contribution in [1.82, 2.24) is 10.2 Å². The Bertz CT molecular complexity index is 349. The normalized spacial score (nSPS) is 20.2. The van der Waals surface area contributed by atoms with Gasteiger partial charge < -0.3 is 16.0 Å². The summed E-state index contributed by atoms with van der Waals surface area (Å²) in [6.45, 7) is 4.75. The van der Waals surface area contributed by atoms with Crippen molar-refractivity contribution in [1.29, 1.82) is 0 Å². The maximum absolute atomic E-state index is 12.2. The van der Waals surface area contributed by atoms with Crippen LogP contribution in [0.5, 0.6) is 0 Å². The number of carbonyl (C=O) groups excluding carboxylic acids is 2. The van der Waals surface area contributed by atoms with Gasteiger partial charge in [0.2, 0.25) is 11.8 Å². The zero-order valence-corrected chi connectivity index (χ0v) is 11.9.